The van der Waals surface area contributed by atoms with Crippen LogP contribution in [0.5, 0.6) is 17.2 Å². The first-order valence-corrected chi connectivity index (χ1v) is 6.17. The zero-order chi connectivity index (χ0) is 15.6. The molecule has 0 saturated heterocycles. The number of hydrogen-bond donors (Lipinski definition) is 3. The number of phenolic OH excluding ortho intramolecular Hbond substituents is 1. The first kappa shape index (κ1) is 14.6. The van der Waals surface area contributed by atoms with Gasteiger partial charge in [0.25, 0.3) is 0 Å². The average molecular weight is 304 g/mol. The molecule has 21 heavy (non-hydrogen) atoms. The van der Waals surface area contributed by atoms with E-state index in [-0.39, 0.29) is 33.4 Å². The molecule has 108 valence electrons. The van der Waals surface area contributed by atoms with E-state index in [2.05, 4.69) is 9.97 Å². The number of benzene rings is 1. The maximum atomic E-state index is 9.91. The number of methoxy groups -OCH3 is 2. The maximum Gasteiger partial charge on any atom is 0.200 e. The number of anilines is 1. The van der Waals surface area contributed by atoms with E-state index in [0.717, 1.165) is 0 Å². The number of aromatic nitrogens is 2. The lowest BCUT2D eigenvalue weighted by Crippen LogP contribution is -2.01. The van der Waals surface area contributed by atoms with E-state index < -0.39 is 0 Å². The number of aromatic amines is 1. The molecule has 4 N–H and O–H groups in total. The molecule has 0 amide bonds. The van der Waals surface area contributed by atoms with E-state index in [4.69, 9.17) is 27.4 Å². The SMILES string of the molecule is COc1cc(-c2[nH]c(=S)nc(N)c2C#N)cc(OC)c1O. The van der Waals surface area contributed by atoms with Crippen LogP contribution < -0.4 is 15.2 Å². The van der Waals surface area contributed by atoms with Crippen molar-refractivity contribution in [3.05, 3.63) is 22.5 Å². The molecule has 1 heterocycles. The molecule has 0 aliphatic carbocycles. The van der Waals surface area contributed by atoms with Gasteiger partial charge >= 0.3 is 0 Å². The molecule has 7 nitrogen and oxygen atoms in total. The van der Waals surface area contributed by atoms with Crippen molar-refractivity contribution in [2.45, 2.75) is 0 Å². The summed E-state index contributed by atoms with van der Waals surface area (Å²) in [5.41, 5.74) is 6.77. The standard InChI is InChI=1S/C13H12N4O3S/c1-19-8-3-6(4-9(20-2)11(8)18)10-7(5-14)12(15)17-13(21)16-10/h3-4,18H,1-2H3,(H3,15,16,17,21). The van der Waals surface area contributed by atoms with Crippen molar-refractivity contribution in [3.8, 4) is 34.6 Å². The van der Waals surface area contributed by atoms with Gasteiger partial charge in [0.15, 0.2) is 16.3 Å². The summed E-state index contributed by atoms with van der Waals surface area (Å²) in [6.45, 7) is 0. The number of nitrogens with two attached hydrogens (primary N) is 1. The number of H-pyrrole nitrogens is 1. The van der Waals surface area contributed by atoms with E-state index in [1.165, 1.54) is 14.2 Å². The molecule has 8 heteroatoms. The highest BCUT2D eigenvalue weighted by Crippen LogP contribution is 2.40. The van der Waals surface area contributed by atoms with E-state index in [1.54, 1.807) is 12.1 Å². The minimum atomic E-state index is -0.136. The van der Waals surface area contributed by atoms with Gasteiger partial charge in [-0.2, -0.15) is 5.26 Å². The molecule has 1 aromatic heterocycles. The molecule has 2 aromatic rings. The third-order valence-corrected chi connectivity index (χ3v) is 3.03. The van der Waals surface area contributed by atoms with Crippen LogP contribution in [0.4, 0.5) is 5.82 Å². The molecule has 0 spiro atoms. The Bertz CT molecular complexity index is 770. The summed E-state index contributed by atoms with van der Waals surface area (Å²) in [6.07, 6.45) is 0. The Hall–Kier alpha value is -2.79. The highest BCUT2D eigenvalue weighted by atomic mass is 32.1. The van der Waals surface area contributed by atoms with Crippen molar-refractivity contribution < 1.29 is 14.6 Å². The van der Waals surface area contributed by atoms with Gasteiger partial charge < -0.3 is 25.3 Å². The van der Waals surface area contributed by atoms with E-state index in [1.807, 2.05) is 6.07 Å². The molecule has 2 rings (SSSR count). The fraction of sp³-hybridized carbons (Fsp3) is 0.154. The normalized spacial score (nSPS) is 9.95. The molecular weight excluding hydrogens is 292 g/mol. The van der Waals surface area contributed by atoms with Crippen LogP contribution in [0.2, 0.25) is 0 Å². The van der Waals surface area contributed by atoms with Gasteiger partial charge in [-0.15, -0.1) is 0 Å². The molecule has 1 aromatic carbocycles. The summed E-state index contributed by atoms with van der Waals surface area (Å²) in [5.74, 6) is 0.288. The lowest BCUT2D eigenvalue weighted by atomic mass is 10.1. The Labute approximate surface area is 125 Å². The van der Waals surface area contributed by atoms with Gasteiger partial charge in [-0.05, 0) is 24.4 Å². The van der Waals surface area contributed by atoms with E-state index in [9.17, 15) is 10.4 Å². The van der Waals surface area contributed by atoms with Crippen LogP contribution in [0, 0.1) is 16.1 Å². The molecule has 0 bridgehead atoms. The Morgan fingerprint density at radius 2 is 1.90 bits per heavy atom. The smallest absolute Gasteiger partial charge is 0.200 e. The second kappa shape index (κ2) is 5.68. The lowest BCUT2D eigenvalue weighted by Gasteiger charge is -2.12. The number of nitrogens with one attached hydrogen (secondary N) is 1. The predicted molar refractivity (Wildman–Crippen MR) is 78.8 cm³/mol. The monoisotopic (exact) mass is 304 g/mol. The second-order valence-electron chi connectivity index (χ2n) is 4.02. The summed E-state index contributed by atoms with van der Waals surface area (Å²) in [4.78, 5) is 6.65. The van der Waals surface area contributed by atoms with Crippen molar-refractivity contribution in [2.75, 3.05) is 20.0 Å². The summed E-state index contributed by atoms with van der Waals surface area (Å²) in [6, 6.07) is 5.05. The molecule has 0 unspecified atom stereocenters. The van der Waals surface area contributed by atoms with Crippen LogP contribution in [0.25, 0.3) is 11.3 Å². The number of rotatable bonds is 3. The predicted octanol–water partition coefficient (Wildman–Crippen LogP) is 1.98. The molecule has 0 aliphatic heterocycles. The number of nitrogens with zero attached hydrogens (tertiary/aromatic N) is 2. The summed E-state index contributed by atoms with van der Waals surface area (Å²) < 4.78 is 10.3. The van der Waals surface area contributed by atoms with Gasteiger partial charge in [0.1, 0.15) is 17.5 Å². The zero-order valence-electron chi connectivity index (χ0n) is 11.3. The third kappa shape index (κ3) is 2.59. The van der Waals surface area contributed by atoms with Crippen molar-refractivity contribution in [2.24, 2.45) is 0 Å². The molecule has 0 aliphatic rings. The Morgan fingerprint density at radius 3 is 2.38 bits per heavy atom. The quantitative estimate of drug-likeness (QED) is 0.742. The Morgan fingerprint density at radius 1 is 1.33 bits per heavy atom. The minimum Gasteiger partial charge on any atom is -0.502 e. The minimum absolute atomic E-state index is 0.0299. The number of nitrogen functional groups attached to an aromatic ring is 1. The zero-order valence-corrected chi connectivity index (χ0v) is 12.1. The molecule has 0 saturated carbocycles. The second-order valence-corrected chi connectivity index (χ2v) is 4.41. The van der Waals surface area contributed by atoms with Crippen molar-refractivity contribution in [1.29, 1.82) is 5.26 Å². The average Bonchev–Trinajstić information content (AvgIpc) is 2.46. The molecule has 0 radical (unpaired) electrons. The number of nitriles is 1. The van der Waals surface area contributed by atoms with E-state index >= 15 is 0 Å². The summed E-state index contributed by atoms with van der Waals surface area (Å²) >= 11 is 4.97. The van der Waals surface area contributed by atoms with Crippen LogP contribution in [-0.4, -0.2) is 29.3 Å². The molecule has 0 fully saturated rings. The highest BCUT2D eigenvalue weighted by Gasteiger charge is 2.16. The first-order valence-electron chi connectivity index (χ1n) is 5.77. The number of ether oxygens (including phenoxy) is 2. The lowest BCUT2D eigenvalue weighted by molar-refractivity contribution is 0.340. The van der Waals surface area contributed by atoms with Gasteiger partial charge in [-0.3, -0.25) is 0 Å². The van der Waals surface area contributed by atoms with E-state index in [0.29, 0.717) is 11.3 Å². The van der Waals surface area contributed by atoms with Gasteiger partial charge in [0.05, 0.1) is 19.9 Å². The van der Waals surface area contributed by atoms with Gasteiger partial charge in [0, 0.05) is 5.56 Å². The fourth-order valence-corrected chi connectivity index (χ4v) is 2.06. The summed E-state index contributed by atoms with van der Waals surface area (Å²) in [7, 11) is 2.82. The van der Waals surface area contributed by atoms with Crippen LogP contribution in [0.1, 0.15) is 5.56 Å². The number of hydrogen-bond acceptors (Lipinski definition) is 7. The van der Waals surface area contributed by atoms with Gasteiger partial charge in [0.2, 0.25) is 5.75 Å². The molecule has 0 atom stereocenters. The fourth-order valence-electron chi connectivity index (χ4n) is 1.86. The highest BCUT2D eigenvalue weighted by molar-refractivity contribution is 7.71. The Kier molecular flexibility index (Phi) is 3.95. The van der Waals surface area contributed by atoms with Crippen LogP contribution in [-0.2, 0) is 0 Å². The first-order chi connectivity index (χ1) is 10.0. The summed E-state index contributed by atoms with van der Waals surface area (Å²) in [5, 5.41) is 19.1. The maximum absolute atomic E-state index is 9.91. The topological polar surface area (TPSA) is 117 Å². The van der Waals surface area contributed by atoms with Crippen molar-refractivity contribution >= 4 is 18.0 Å². The largest absolute Gasteiger partial charge is 0.502 e. The number of phenols is 1. The van der Waals surface area contributed by atoms with Crippen LogP contribution in [0.15, 0.2) is 12.1 Å². The molecular formula is C13H12N4O3S. The van der Waals surface area contributed by atoms with Gasteiger partial charge in [-0.25, -0.2) is 4.98 Å². The third-order valence-electron chi connectivity index (χ3n) is 2.84. The Balaban J connectivity index is 2.79. The number of aromatic hydroxyl groups is 1. The van der Waals surface area contributed by atoms with Crippen LogP contribution in [0.3, 0.4) is 0 Å². The van der Waals surface area contributed by atoms with Crippen molar-refractivity contribution in [1.82, 2.24) is 9.97 Å². The van der Waals surface area contributed by atoms with Crippen LogP contribution >= 0.6 is 12.2 Å². The van der Waals surface area contributed by atoms with Crippen molar-refractivity contribution in [3.63, 3.8) is 0 Å². The van der Waals surface area contributed by atoms with Gasteiger partial charge in [-0.1, -0.05) is 0 Å².